The summed E-state index contributed by atoms with van der Waals surface area (Å²) in [6.07, 6.45) is 4.19. The highest BCUT2D eigenvalue weighted by atomic mass is 16.6. The highest BCUT2D eigenvalue weighted by Gasteiger charge is 2.26. The zero-order valence-electron chi connectivity index (χ0n) is 9.66. The number of nitrogens with zero attached hydrogens (tertiary/aromatic N) is 1. The molecule has 1 aliphatic carbocycles. The molecule has 0 aromatic carbocycles. The van der Waals surface area contributed by atoms with Crippen LogP contribution in [0, 0.1) is 0 Å². The van der Waals surface area contributed by atoms with Crippen molar-refractivity contribution in [2.75, 3.05) is 6.61 Å². The van der Waals surface area contributed by atoms with Crippen molar-refractivity contribution in [1.82, 2.24) is 15.4 Å². The highest BCUT2D eigenvalue weighted by molar-refractivity contribution is 5.92. The van der Waals surface area contributed by atoms with Gasteiger partial charge in [-0.1, -0.05) is 6.92 Å². The van der Waals surface area contributed by atoms with Crippen LogP contribution in [0.25, 0.3) is 0 Å². The Labute approximate surface area is 98.4 Å². The van der Waals surface area contributed by atoms with E-state index in [-0.39, 0.29) is 5.56 Å². The maximum absolute atomic E-state index is 11.6. The predicted octanol–water partition coefficient (Wildman–Crippen LogP) is 0.719. The predicted molar refractivity (Wildman–Crippen MR) is 60.5 cm³/mol. The van der Waals surface area contributed by atoms with Crippen LogP contribution >= 0.6 is 0 Å². The molecule has 0 spiro atoms. The van der Waals surface area contributed by atoms with Gasteiger partial charge in [0.2, 0.25) is 0 Å². The van der Waals surface area contributed by atoms with E-state index in [1.165, 1.54) is 6.20 Å². The van der Waals surface area contributed by atoms with Crippen molar-refractivity contribution in [1.29, 1.82) is 0 Å². The quantitative estimate of drug-likeness (QED) is 0.583. The lowest BCUT2D eigenvalue weighted by atomic mass is 10.3. The van der Waals surface area contributed by atoms with Gasteiger partial charge in [0.05, 0.1) is 6.61 Å². The van der Waals surface area contributed by atoms with Gasteiger partial charge in [-0.2, -0.15) is 0 Å². The smallest absolute Gasteiger partial charge is 0.282 e. The van der Waals surface area contributed by atoms with E-state index in [2.05, 4.69) is 15.4 Å². The molecule has 6 heteroatoms. The monoisotopic (exact) mass is 237 g/mol. The topological polar surface area (TPSA) is 84.1 Å². The molecule has 2 rings (SSSR count). The maximum Gasteiger partial charge on any atom is 0.282 e. The Bertz CT molecular complexity index is 465. The number of carbonyl (C=O) groups excluding carboxylic acids is 1. The first-order valence-electron chi connectivity index (χ1n) is 5.73. The second-order valence-electron chi connectivity index (χ2n) is 4.07. The average molecular weight is 237 g/mol. The normalized spacial score (nSPS) is 14.6. The van der Waals surface area contributed by atoms with E-state index in [4.69, 9.17) is 4.84 Å². The molecule has 1 amide bonds. The molecule has 6 nitrogen and oxygen atoms in total. The van der Waals surface area contributed by atoms with Gasteiger partial charge >= 0.3 is 0 Å². The molecule has 92 valence electrons. The van der Waals surface area contributed by atoms with Crippen molar-refractivity contribution in [2.24, 2.45) is 0 Å². The number of hydroxylamine groups is 1. The lowest BCUT2D eigenvalue weighted by molar-refractivity contribution is 0.0313. The van der Waals surface area contributed by atoms with Gasteiger partial charge in [0.1, 0.15) is 11.4 Å². The number of hydrogen-bond acceptors (Lipinski definition) is 4. The molecule has 17 heavy (non-hydrogen) atoms. The second kappa shape index (κ2) is 5.09. The van der Waals surface area contributed by atoms with Crippen LogP contribution in [0.1, 0.15) is 48.3 Å². The molecule has 0 aliphatic heterocycles. The molecule has 1 aliphatic rings. The van der Waals surface area contributed by atoms with E-state index in [9.17, 15) is 9.59 Å². The van der Waals surface area contributed by atoms with Gasteiger partial charge in [-0.05, 0) is 19.3 Å². The zero-order valence-corrected chi connectivity index (χ0v) is 9.66. The Morgan fingerprint density at radius 1 is 1.65 bits per heavy atom. The van der Waals surface area contributed by atoms with Gasteiger partial charge in [0.15, 0.2) is 0 Å². The lowest BCUT2D eigenvalue weighted by Gasteiger charge is -2.04. The fourth-order valence-electron chi connectivity index (χ4n) is 1.41. The van der Waals surface area contributed by atoms with Crippen LogP contribution < -0.4 is 11.0 Å². The summed E-state index contributed by atoms with van der Waals surface area (Å²) in [7, 11) is 0. The molecule has 1 aromatic rings. The Kier molecular flexibility index (Phi) is 3.53. The molecular weight excluding hydrogens is 222 g/mol. The molecule has 1 fully saturated rings. The van der Waals surface area contributed by atoms with Gasteiger partial charge in [0, 0.05) is 12.1 Å². The van der Waals surface area contributed by atoms with E-state index in [0.717, 1.165) is 19.3 Å². The summed E-state index contributed by atoms with van der Waals surface area (Å²) in [6.45, 7) is 2.34. The maximum atomic E-state index is 11.6. The van der Waals surface area contributed by atoms with E-state index in [1.54, 1.807) is 0 Å². The first-order chi connectivity index (χ1) is 8.22. The Morgan fingerprint density at radius 2 is 2.41 bits per heavy atom. The third-order valence-corrected chi connectivity index (χ3v) is 2.50. The number of hydrogen-bond donors (Lipinski definition) is 2. The number of H-pyrrole nitrogens is 1. The number of rotatable bonds is 5. The van der Waals surface area contributed by atoms with Crippen LogP contribution in [0.5, 0.6) is 0 Å². The van der Waals surface area contributed by atoms with Crippen LogP contribution in [0.2, 0.25) is 0 Å². The van der Waals surface area contributed by atoms with Crippen LogP contribution in [0.15, 0.2) is 11.0 Å². The van der Waals surface area contributed by atoms with Crippen molar-refractivity contribution in [3.63, 3.8) is 0 Å². The van der Waals surface area contributed by atoms with E-state index >= 15 is 0 Å². The molecule has 1 saturated carbocycles. The molecule has 0 atom stereocenters. The first-order valence-corrected chi connectivity index (χ1v) is 5.73. The number of carbonyl (C=O) groups is 1. The van der Waals surface area contributed by atoms with Crippen LogP contribution in [-0.4, -0.2) is 22.5 Å². The van der Waals surface area contributed by atoms with Crippen LogP contribution in [0.3, 0.4) is 0 Å². The summed E-state index contributed by atoms with van der Waals surface area (Å²) in [6, 6.07) is 0. The van der Waals surface area contributed by atoms with Crippen molar-refractivity contribution >= 4 is 5.91 Å². The molecule has 1 heterocycles. The summed E-state index contributed by atoms with van der Waals surface area (Å²) in [5.41, 5.74) is 1.77. The SMILES string of the molecule is CCCONC(=O)c1cnc(C2CC2)[nH]c1=O. The number of amides is 1. The minimum atomic E-state index is -0.561. The largest absolute Gasteiger partial charge is 0.310 e. The molecule has 0 saturated heterocycles. The zero-order chi connectivity index (χ0) is 12.3. The minimum Gasteiger partial charge on any atom is -0.310 e. The molecule has 0 radical (unpaired) electrons. The summed E-state index contributed by atoms with van der Waals surface area (Å²) in [5.74, 6) is 0.465. The second-order valence-corrected chi connectivity index (χ2v) is 4.07. The number of aromatic amines is 1. The molecule has 0 unspecified atom stereocenters. The molecule has 2 N–H and O–H groups in total. The molecule has 0 bridgehead atoms. The fraction of sp³-hybridized carbons (Fsp3) is 0.545. The van der Waals surface area contributed by atoms with Crippen molar-refractivity contribution in [2.45, 2.75) is 32.1 Å². The van der Waals surface area contributed by atoms with E-state index < -0.39 is 11.5 Å². The van der Waals surface area contributed by atoms with Gasteiger partial charge in [0.25, 0.3) is 11.5 Å². The Balaban J connectivity index is 2.04. The number of nitrogens with one attached hydrogen (secondary N) is 2. The Hall–Kier alpha value is -1.69. The summed E-state index contributed by atoms with van der Waals surface area (Å²) < 4.78 is 0. The summed E-state index contributed by atoms with van der Waals surface area (Å²) in [5, 5.41) is 0. The minimum absolute atomic E-state index is 0.0227. The van der Waals surface area contributed by atoms with Gasteiger partial charge in [-0.25, -0.2) is 10.5 Å². The summed E-state index contributed by atoms with van der Waals surface area (Å²) >= 11 is 0. The van der Waals surface area contributed by atoms with Gasteiger partial charge < -0.3 is 4.98 Å². The van der Waals surface area contributed by atoms with Crippen LogP contribution in [0.4, 0.5) is 0 Å². The first kappa shape index (κ1) is 11.8. The summed E-state index contributed by atoms with van der Waals surface area (Å²) in [4.78, 5) is 34.7. The van der Waals surface area contributed by atoms with Crippen molar-refractivity contribution in [3.05, 3.63) is 27.9 Å². The lowest BCUT2D eigenvalue weighted by Crippen LogP contribution is -2.30. The van der Waals surface area contributed by atoms with Gasteiger partial charge in [-0.3, -0.25) is 14.4 Å². The third-order valence-electron chi connectivity index (χ3n) is 2.50. The van der Waals surface area contributed by atoms with E-state index in [0.29, 0.717) is 18.3 Å². The van der Waals surface area contributed by atoms with E-state index in [1.807, 2.05) is 6.92 Å². The van der Waals surface area contributed by atoms with Crippen molar-refractivity contribution in [3.8, 4) is 0 Å². The Morgan fingerprint density at radius 3 is 3.00 bits per heavy atom. The van der Waals surface area contributed by atoms with Crippen molar-refractivity contribution < 1.29 is 9.63 Å². The molecule has 1 aromatic heterocycles. The van der Waals surface area contributed by atoms with Crippen LogP contribution in [-0.2, 0) is 4.84 Å². The highest BCUT2D eigenvalue weighted by Crippen LogP contribution is 2.37. The molecular formula is C11H15N3O3. The number of aromatic nitrogens is 2. The standard InChI is InChI=1S/C11H15N3O3/c1-2-5-17-14-11(16)8-6-12-9(7-3-4-7)13-10(8)15/h6-7H,2-5H2,1H3,(H,14,16)(H,12,13,15). The third kappa shape index (κ3) is 2.91. The average Bonchev–Trinajstić information content (AvgIpc) is 3.13. The fourth-order valence-corrected chi connectivity index (χ4v) is 1.41. The van der Waals surface area contributed by atoms with Gasteiger partial charge in [-0.15, -0.1) is 0 Å².